The van der Waals surface area contributed by atoms with Crippen molar-refractivity contribution >= 4 is 31.0 Å². The van der Waals surface area contributed by atoms with Gasteiger partial charge in [-0.05, 0) is 25.1 Å². The average molecular weight is 270 g/mol. The SMILES string of the molecule is CCOP(=O)([O-])Oc1ccc(Cl)cc1Cl. The fourth-order valence-corrected chi connectivity index (χ4v) is 2.12. The van der Waals surface area contributed by atoms with E-state index in [1.807, 2.05) is 0 Å². The Morgan fingerprint density at radius 2 is 2.13 bits per heavy atom. The van der Waals surface area contributed by atoms with Gasteiger partial charge in [0.05, 0.1) is 11.6 Å². The van der Waals surface area contributed by atoms with Crippen LogP contribution >= 0.6 is 31.0 Å². The Hall–Kier alpha value is -0.250. The van der Waals surface area contributed by atoms with Gasteiger partial charge >= 0.3 is 7.82 Å². The minimum Gasteiger partial charge on any atom is -0.746 e. The number of phosphoric acid groups is 1. The standard InChI is InChI=1S/C8H9Cl2O4P/c1-2-13-15(11,12)14-8-4-3-6(9)5-7(8)10/h3-5H,2H2,1H3,(H,11,12)/p-1. The van der Waals surface area contributed by atoms with E-state index in [0.717, 1.165) is 0 Å². The Morgan fingerprint density at radius 1 is 1.47 bits per heavy atom. The van der Waals surface area contributed by atoms with Crippen LogP contribution in [0, 0.1) is 0 Å². The zero-order valence-corrected chi connectivity index (χ0v) is 10.2. The molecule has 0 saturated heterocycles. The maximum atomic E-state index is 11.1. The number of halogens is 2. The highest BCUT2D eigenvalue weighted by molar-refractivity contribution is 7.46. The fraction of sp³-hybridized carbons (Fsp3) is 0.250. The van der Waals surface area contributed by atoms with E-state index in [1.165, 1.54) is 25.1 Å². The molecule has 0 spiro atoms. The van der Waals surface area contributed by atoms with Crippen molar-refractivity contribution in [2.45, 2.75) is 6.92 Å². The molecule has 4 nitrogen and oxygen atoms in total. The third-order valence-electron chi connectivity index (χ3n) is 1.39. The molecule has 0 aliphatic heterocycles. The maximum absolute atomic E-state index is 11.1. The zero-order valence-electron chi connectivity index (χ0n) is 7.78. The zero-order chi connectivity index (χ0) is 11.5. The lowest BCUT2D eigenvalue weighted by Gasteiger charge is -2.22. The van der Waals surface area contributed by atoms with Gasteiger partial charge in [0.15, 0.2) is 0 Å². The molecule has 1 atom stereocenters. The molecule has 1 unspecified atom stereocenters. The van der Waals surface area contributed by atoms with Crippen LogP contribution in [-0.2, 0) is 9.09 Å². The molecule has 84 valence electrons. The van der Waals surface area contributed by atoms with Crippen molar-refractivity contribution in [2.75, 3.05) is 6.61 Å². The molecule has 7 heteroatoms. The lowest BCUT2D eigenvalue weighted by atomic mass is 10.3. The van der Waals surface area contributed by atoms with Gasteiger partial charge in [-0.2, -0.15) is 0 Å². The Labute approximate surface area is 97.3 Å². The van der Waals surface area contributed by atoms with Crippen LogP contribution in [0.2, 0.25) is 10.0 Å². The quantitative estimate of drug-likeness (QED) is 0.789. The minimum absolute atomic E-state index is 0.00594. The summed E-state index contributed by atoms with van der Waals surface area (Å²) in [6.45, 7) is 1.55. The van der Waals surface area contributed by atoms with Crippen LogP contribution < -0.4 is 9.42 Å². The van der Waals surface area contributed by atoms with E-state index in [-0.39, 0.29) is 17.4 Å². The molecule has 0 heterocycles. The van der Waals surface area contributed by atoms with Crippen molar-refractivity contribution in [1.82, 2.24) is 0 Å². The van der Waals surface area contributed by atoms with E-state index in [1.54, 1.807) is 0 Å². The van der Waals surface area contributed by atoms with Crippen LogP contribution in [0.3, 0.4) is 0 Å². The third kappa shape index (κ3) is 4.01. The highest BCUT2D eigenvalue weighted by Crippen LogP contribution is 2.42. The van der Waals surface area contributed by atoms with Crippen molar-refractivity contribution in [2.24, 2.45) is 0 Å². The highest BCUT2D eigenvalue weighted by Gasteiger charge is 2.12. The first-order chi connectivity index (χ1) is 6.94. The van der Waals surface area contributed by atoms with Crippen LogP contribution in [0.4, 0.5) is 0 Å². The van der Waals surface area contributed by atoms with Gasteiger partial charge in [-0.25, -0.2) is 0 Å². The lowest BCUT2D eigenvalue weighted by Crippen LogP contribution is -2.10. The predicted octanol–water partition coefficient (Wildman–Crippen LogP) is 2.88. The topological polar surface area (TPSA) is 58.6 Å². The summed E-state index contributed by atoms with van der Waals surface area (Å²) < 4.78 is 20.1. The van der Waals surface area contributed by atoms with Gasteiger partial charge in [0.2, 0.25) is 0 Å². The highest BCUT2D eigenvalue weighted by atomic mass is 35.5. The first-order valence-electron chi connectivity index (χ1n) is 4.05. The third-order valence-corrected chi connectivity index (χ3v) is 2.92. The molecular formula is C8H8Cl2O4P-. The van der Waals surface area contributed by atoms with Crippen LogP contribution in [0.1, 0.15) is 6.92 Å². The van der Waals surface area contributed by atoms with E-state index in [0.29, 0.717) is 5.02 Å². The summed E-state index contributed by atoms with van der Waals surface area (Å²) in [5, 5.41) is 0.503. The molecule has 1 aromatic rings. The normalized spacial score (nSPS) is 14.7. The second kappa shape index (κ2) is 5.19. The number of rotatable bonds is 4. The molecule has 0 aromatic heterocycles. The minimum atomic E-state index is -4.33. The number of hydrogen-bond donors (Lipinski definition) is 0. The van der Waals surface area contributed by atoms with Crippen LogP contribution in [0.5, 0.6) is 5.75 Å². The summed E-state index contributed by atoms with van der Waals surface area (Å²) in [5.41, 5.74) is 0. The molecule has 0 saturated carbocycles. The molecule has 0 fully saturated rings. The largest absolute Gasteiger partial charge is 0.746 e. The molecule has 0 radical (unpaired) electrons. The van der Waals surface area contributed by atoms with Gasteiger partial charge in [-0.15, -0.1) is 0 Å². The molecule has 0 bridgehead atoms. The molecular weight excluding hydrogens is 262 g/mol. The summed E-state index contributed by atoms with van der Waals surface area (Å²) in [7, 11) is -4.33. The van der Waals surface area contributed by atoms with Gasteiger partial charge in [0.1, 0.15) is 5.75 Å². The number of benzene rings is 1. The molecule has 0 aliphatic carbocycles. The van der Waals surface area contributed by atoms with Crippen molar-refractivity contribution in [3.05, 3.63) is 28.2 Å². The second-order valence-corrected chi connectivity index (χ2v) is 4.71. The number of hydrogen-bond acceptors (Lipinski definition) is 4. The number of phosphoric ester groups is 1. The first kappa shape index (κ1) is 12.8. The summed E-state index contributed by atoms with van der Waals surface area (Å²) >= 11 is 11.3. The van der Waals surface area contributed by atoms with Crippen LogP contribution in [0.25, 0.3) is 0 Å². The molecule has 0 amide bonds. The van der Waals surface area contributed by atoms with E-state index < -0.39 is 7.82 Å². The molecule has 1 aromatic carbocycles. The van der Waals surface area contributed by atoms with E-state index in [9.17, 15) is 9.46 Å². The molecule has 0 N–H and O–H groups in total. The Morgan fingerprint density at radius 3 is 2.67 bits per heavy atom. The monoisotopic (exact) mass is 269 g/mol. The molecule has 0 aliphatic rings. The smallest absolute Gasteiger partial charge is 0.319 e. The second-order valence-electron chi connectivity index (χ2n) is 2.53. The van der Waals surface area contributed by atoms with Gasteiger partial charge in [0.25, 0.3) is 0 Å². The van der Waals surface area contributed by atoms with Gasteiger partial charge in [-0.1, -0.05) is 23.2 Å². The van der Waals surface area contributed by atoms with E-state index in [2.05, 4.69) is 9.05 Å². The van der Waals surface area contributed by atoms with Crippen LogP contribution in [0.15, 0.2) is 18.2 Å². The Bertz CT molecular complexity index is 396. The average Bonchev–Trinajstić information content (AvgIpc) is 2.09. The first-order valence-corrected chi connectivity index (χ1v) is 6.26. The van der Waals surface area contributed by atoms with Crippen LogP contribution in [-0.4, -0.2) is 6.61 Å². The van der Waals surface area contributed by atoms with E-state index >= 15 is 0 Å². The Balaban J connectivity index is 2.85. The molecule has 1 rings (SSSR count). The maximum Gasteiger partial charge on any atom is 0.319 e. The summed E-state index contributed by atoms with van der Waals surface area (Å²) in [6.07, 6.45) is 0. The molecule has 15 heavy (non-hydrogen) atoms. The van der Waals surface area contributed by atoms with Crippen molar-refractivity contribution in [1.29, 1.82) is 0 Å². The predicted molar refractivity (Wildman–Crippen MR) is 56.3 cm³/mol. The van der Waals surface area contributed by atoms with Gasteiger partial charge < -0.3 is 13.9 Å². The summed E-state index contributed by atoms with van der Waals surface area (Å²) in [5.74, 6) is -0.00662. The van der Waals surface area contributed by atoms with Gasteiger partial charge in [-0.3, -0.25) is 4.57 Å². The summed E-state index contributed by atoms with van der Waals surface area (Å²) in [4.78, 5) is 11.1. The van der Waals surface area contributed by atoms with E-state index in [4.69, 9.17) is 23.2 Å². The van der Waals surface area contributed by atoms with Crippen molar-refractivity contribution in [3.63, 3.8) is 0 Å². The van der Waals surface area contributed by atoms with Crippen molar-refractivity contribution < 1.29 is 18.5 Å². The van der Waals surface area contributed by atoms with Gasteiger partial charge in [0, 0.05) is 5.02 Å². The van der Waals surface area contributed by atoms with Crippen molar-refractivity contribution in [3.8, 4) is 5.75 Å². The summed E-state index contributed by atoms with van der Waals surface area (Å²) in [6, 6.07) is 4.20. The fourth-order valence-electron chi connectivity index (χ4n) is 0.854. The Kier molecular flexibility index (Phi) is 4.44. The lowest BCUT2D eigenvalue weighted by molar-refractivity contribution is -0.216.